The van der Waals surface area contributed by atoms with Gasteiger partial charge in [0, 0.05) is 36.5 Å². The van der Waals surface area contributed by atoms with Crippen LogP contribution < -0.4 is 5.32 Å². The molecule has 0 saturated carbocycles. The van der Waals surface area contributed by atoms with Gasteiger partial charge in [-0.2, -0.15) is 0 Å². The highest BCUT2D eigenvalue weighted by Crippen LogP contribution is 2.38. The highest BCUT2D eigenvalue weighted by Gasteiger charge is 2.34. The van der Waals surface area contributed by atoms with E-state index >= 15 is 0 Å². The lowest BCUT2D eigenvalue weighted by atomic mass is 9.86. The van der Waals surface area contributed by atoms with E-state index in [2.05, 4.69) is 21.4 Å². The Morgan fingerprint density at radius 3 is 2.44 bits per heavy atom. The van der Waals surface area contributed by atoms with E-state index in [9.17, 15) is 14.4 Å². The molecule has 3 saturated heterocycles. The molecule has 1 aromatic heterocycles. The van der Waals surface area contributed by atoms with Gasteiger partial charge in [-0.1, -0.05) is 17.3 Å². The smallest absolute Gasteiger partial charge is 0.410 e. The first-order chi connectivity index (χ1) is 17.2. The van der Waals surface area contributed by atoms with Crippen molar-refractivity contribution in [1.82, 2.24) is 20.3 Å². The predicted octanol–water partition coefficient (Wildman–Crippen LogP) is 3.93. The van der Waals surface area contributed by atoms with Crippen LogP contribution in [0.1, 0.15) is 82.4 Å². The number of carbonyl (C=O) groups excluding carboxylic acids is 3. The van der Waals surface area contributed by atoms with Crippen molar-refractivity contribution in [3.05, 3.63) is 29.5 Å². The topological polar surface area (TPSA) is 105 Å². The molecular formula is C27H36N4O5. The number of amides is 3. The second-order valence-corrected chi connectivity index (χ2v) is 11.3. The van der Waals surface area contributed by atoms with Gasteiger partial charge < -0.3 is 19.1 Å². The van der Waals surface area contributed by atoms with E-state index in [0.29, 0.717) is 30.5 Å². The number of carbonyl (C=O) groups is 3. The van der Waals surface area contributed by atoms with Gasteiger partial charge >= 0.3 is 6.09 Å². The maximum Gasteiger partial charge on any atom is 0.410 e. The minimum atomic E-state index is -0.467. The number of aromatic nitrogens is 1. The molecule has 9 nitrogen and oxygen atoms in total. The first-order valence-electron chi connectivity index (χ1n) is 13.1. The largest absolute Gasteiger partial charge is 0.444 e. The molecule has 0 spiro atoms. The Labute approximate surface area is 211 Å². The van der Waals surface area contributed by atoms with Crippen LogP contribution in [-0.4, -0.2) is 70.7 Å². The quantitative estimate of drug-likeness (QED) is 0.642. The molecule has 0 radical (unpaired) electrons. The Balaban J connectivity index is 1.20. The Bertz CT molecular complexity index is 1140. The van der Waals surface area contributed by atoms with Crippen molar-refractivity contribution < 1.29 is 23.6 Å². The highest BCUT2D eigenvalue weighted by molar-refractivity contribution is 6.02. The third kappa shape index (κ3) is 5.12. The summed E-state index contributed by atoms with van der Waals surface area (Å²) in [5.41, 5.74) is 2.08. The molecule has 194 valence electrons. The Morgan fingerprint density at radius 2 is 1.78 bits per heavy atom. The molecule has 9 heteroatoms. The fourth-order valence-corrected chi connectivity index (χ4v) is 5.85. The molecule has 3 aliphatic heterocycles. The zero-order valence-electron chi connectivity index (χ0n) is 21.4. The Kier molecular flexibility index (Phi) is 6.76. The van der Waals surface area contributed by atoms with Crippen LogP contribution in [0.15, 0.2) is 22.7 Å². The molecule has 0 bridgehead atoms. The molecule has 5 rings (SSSR count). The van der Waals surface area contributed by atoms with Gasteiger partial charge in [0.15, 0.2) is 5.58 Å². The lowest BCUT2D eigenvalue weighted by Gasteiger charge is -2.42. The summed E-state index contributed by atoms with van der Waals surface area (Å²) in [6.45, 7) is 9.18. The van der Waals surface area contributed by atoms with Crippen molar-refractivity contribution in [3.63, 3.8) is 0 Å². The van der Waals surface area contributed by atoms with Gasteiger partial charge in [-0.15, -0.1) is 0 Å². The number of hydrogen-bond donors (Lipinski definition) is 1. The average molecular weight is 497 g/mol. The van der Waals surface area contributed by atoms with E-state index in [0.717, 1.165) is 68.4 Å². The number of imide groups is 1. The minimum absolute atomic E-state index is 0.212. The second-order valence-electron chi connectivity index (χ2n) is 11.3. The molecule has 1 unspecified atom stereocenters. The average Bonchev–Trinajstić information content (AvgIpc) is 3.27. The van der Waals surface area contributed by atoms with Gasteiger partial charge in [0.05, 0.1) is 5.92 Å². The van der Waals surface area contributed by atoms with Gasteiger partial charge in [0.1, 0.15) is 11.3 Å². The van der Waals surface area contributed by atoms with Gasteiger partial charge in [-0.05, 0) is 77.9 Å². The third-order valence-corrected chi connectivity index (χ3v) is 7.73. The number of nitrogens with zero attached hydrogens (tertiary/aromatic N) is 3. The van der Waals surface area contributed by atoms with Crippen LogP contribution in [0.25, 0.3) is 11.0 Å². The van der Waals surface area contributed by atoms with Crippen molar-refractivity contribution in [2.45, 2.75) is 82.8 Å². The van der Waals surface area contributed by atoms with Gasteiger partial charge in [-0.25, -0.2) is 4.79 Å². The second kappa shape index (κ2) is 9.84. The van der Waals surface area contributed by atoms with E-state index in [1.807, 2.05) is 37.8 Å². The van der Waals surface area contributed by atoms with Crippen molar-refractivity contribution in [1.29, 1.82) is 0 Å². The van der Waals surface area contributed by atoms with Crippen LogP contribution in [0.5, 0.6) is 0 Å². The zero-order chi connectivity index (χ0) is 25.4. The molecule has 1 N–H and O–H groups in total. The van der Waals surface area contributed by atoms with Crippen LogP contribution >= 0.6 is 0 Å². The molecule has 3 aliphatic rings. The van der Waals surface area contributed by atoms with Gasteiger partial charge in [0.25, 0.3) is 0 Å². The van der Waals surface area contributed by atoms with Crippen molar-refractivity contribution in [3.8, 4) is 0 Å². The van der Waals surface area contributed by atoms with Crippen LogP contribution in [-0.2, 0) is 14.3 Å². The Morgan fingerprint density at radius 1 is 1.06 bits per heavy atom. The Hall–Kier alpha value is -2.94. The molecule has 3 fully saturated rings. The lowest BCUT2D eigenvalue weighted by molar-refractivity contribution is -0.134. The van der Waals surface area contributed by atoms with Crippen LogP contribution in [0, 0.1) is 0 Å². The molecule has 2 aromatic rings. The number of piperidine rings is 3. The molecule has 0 aliphatic carbocycles. The highest BCUT2D eigenvalue weighted by atomic mass is 16.6. The molecule has 1 atom stereocenters. The number of fused-ring (bicyclic) bond motifs is 1. The summed E-state index contributed by atoms with van der Waals surface area (Å²) in [5, 5.41) is 7.58. The van der Waals surface area contributed by atoms with Crippen LogP contribution in [0.3, 0.4) is 0 Å². The van der Waals surface area contributed by atoms with Crippen molar-refractivity contribution in [2.75, 3.05) is 26.2 Å². The van der Waals surface area contributed by atoms with E-state index in [4.69, 9.17) is 9.26 Å². The summed E-state index contributed by atoms with van der Waals surface area (Å²) in [6.07, 6.45) is 4.56. The summed E-state index contributed by atoms with van der Waals surface area (Å²) < 4.78 is 11.3. The number of hydrogen-bond acceptors (Lipinski definition) is 7. The number of para-hydroxylation sites is 1. The van der Waals surface area contributed by atoms with E-state index in [1.165, 1.54) is 0 Å². The summed E-state index contributed by atoms with van der Waals surface area (Å²) in [6, 6.07) is 6.58. The number of rotatable bonds is 3. The summed E-state index contributed by atoms with van der Waals surface area (Å²) in [4.78, 5) is 40.7. The van der Waals surface area contributed by atoms with E-state index in [1.54, 1.807) is 0 Å². The summed E-state index contributed by atoms with van der Waals surface area (Å²) in [7, 11) is 0. The third-order valence-electron chi connectivity index (χ3n) is 7.73. The number of nitrogens with one attached hydrogen (secondary N) is 1. The zero-order valence-corrected chi connectivity index (χ0v) is 21.4. The first-order valence-corrected chi connectivity index (χ1v) is 13.1. The normalized spacial score (nSPS) is 23.2. The molecule has 3 amide bonds. The maximum absolute atomic E-state index is 12.4. The summed E-state index contributed by atoms with van der Waals surface area (Å²) in [5.74, 6) is -0.605. The molecule has 1 aromatic carbocycles. The number of benzene rings is 1. The molecule has 4 heterocycles. The first kappa shape index (κ1) is 24.7. The monoisotopic (exact) mass is 496 g/mol. The van der Waals surface area contributed by atoms with Gasteiger partial charge in [0.2, 0.25) is 11.8 Å². The van der Waals surface area contributed by atoms with Crippen molar-refractivity contribution in [2.24, 2.45) is 0 Å². The predicted molar refractivity (Wildman–Crippen MR) is 134 cm³/mol. The van der Waals surface area contributed by atoms with Crippen LogP contribution in [0.2, 0.25) is 0 Å². The van der Waals surface area contributed by atoms with Crippen molar-refractivity contribution >= 4 is 28.9 Å². The number of ether oxygens (including phenoxy) is 1. The SMILES string of the molecule is CC(C)(C)OC(=O)N1CCC(N2CCC(c3cccc4c(C5CCC(=O)NC5=O)noc34)CC2)CC1. The number of likely N-dealkylation sites (tertiary alicyclic amines) is 2. The standard InChI is InChI=1S/C27H36N4O5/c1-27(2,3)35-26(34)31-15-11-18(12-16-31)30-13-9-17(10-14-30)19-5-4-6-20-23(29-36-24(19)20)21-7-8-22(32)28-25(21)33/h4-6,17-18,21H,7-16H2,1-3H3,(H,28,32,33). The maximum atomic E-state index is 12.4. The fraction of sp³-hybridized carbons (Fsp3) is 0.630. The minimum Gasteiger partial charge on any atom is -0.444 e. The molecular weight excluding hydrogens is 460 g/mol. The summed E-state index contributed by atoms with van der Waals surface area (Å²) >= 11 is 0. The molecule has 36 heavy (non-hydrogen) atoms. The fourth-order valence-electron chi connectivity index (χ4n) is 5.85. The van der Waals surface area contributed by atoms with Gasteiger partial charge in [-0.3, -0.25) is 14.9 Å². The van der Waals surface area contributed by atoms with E-state index < -0.39 is 11.5 Å². The lowest BCUT2D eigenvalue weighted by Crippen LogP contribution is -2.49. The van der Waals surface area contributed by atoms with Crippen LogP contribution in [0.4, 0.5) is 4.79 Å². The van der Waals surface area contributed by atoms with E-state index in [-0.39, 0.29) is 17.9 Å².